The first-order valence-corrected chi connectivity index (χ1v) is 9.19. The molecule has 6 nitrogen and oxygen atoms in total. The zero-order chi connectivity index (χ0) is 20.6. The fourth-order valence-corrected chi connectivity index (χ4v) is 2.99. The molecule has 1 atom stereocenters. The minimum absolute atomic E-state index is 0.283. The molecular formula is C23H22N2O4. The number of fused-ring (bicyclic) bond motifs is 1. The van der Waals surface area contributed by atoms with Crippen LogP contribution >= 0.6 is 0 Å². The maximum atomic E-state index is 12.1. The van der Waals surface area contributed by atoms with E-state index in [1.165, 1.54) is 6.08 Å². The lowest BCUT2D eigenvalue weighted by molar-refractivity contribution is -0.144. The van der Waals surface area contributed by atoms with Crippen LogP contribution in [0.4, 0.5) is 0 Å². The Morgan fingerprint density at radius 3 is 2.72 bits per heavy atom. The number of amides is 1. The molecule has 1 N–H and O–H groups in total. The summed E-state index contributed by atoms with van der Waals surface area (Å²) in [5, 5.41) is 3.77. The monoisotopic (exact) mass is 390 g/mol. The van der Waals surface area contributed by atoms with Crippen molar-refractivity contribution in [1.82, 2.24) is 10.3 Å². The summed E-state index contributed by atoms with van der Waals surface area (Å²) in [5.41, 5.74) is 2.44. The molecule has 0 radical (unpaired) electrons. The molecule has 0 spiro atoms. The van der Waals surface area contributed by atoms with Crippen LogP contribution in [0.1, 0.15) is 24.1 Å². The van der Waals surface area contributed by atoms with Gasteiger partial charge in [0.15, 0.2) is 6.61 Å². The molecule has 2 aromatic carbocycles. The molecule has 6 heteroatoms. The number of para-hydroxylation sites is 2. The van der Waals surface area contributed by atoms with E-state index in [1.54, 1.807) is 19.4 Å². The molecule has 1 amide bonds. The van der Waals surface area contributed by atoms with E-state index in [0.29, 0.717) is 5.75 Å². The molecular weight excluding hydrogens is 368 g/mol. The number of hydrogen-bond donors (Lipinski definition) is 1. The number of pyridine rings is 1. The number of ether oxygens (including phenoxy) is 2. The Hall–Kier alpha value is -3.67. The van der Waals surface area contributed by atoms with Crippen molar-refractivity contribution in [1.29, 1.82) is 0 Å². The molecule has 0 bridgehead atoms. The lowest BCUT2D eigenvalue weighted by Gasteiger charge is -2.17. The van der Waals surface area contributed by atoms with Crippen LogP contribution in [-0.2, 0) is 14.3 Å². The van der Waals surface area contributed by atoms with Crippen molar-refractivity contribution >= 4 is 28.9 Å². The van der Waals surface area contributed by atoms with Crippen LogP contribution in [0.15, 0.2) is 66.9 Å². The van der Waals surface area contributed by atoms with Gasteiger partial charge in [0.1, 0.15) is 5.75 Å². The summed E-state index contributed by atoms with van der Waals surface area (Å²) in [7, 11) is 1.58. The van der Waals surface area contributed by atoms with Gasteiger partial charge in [-0.3, -0.25) is 9.78 Å². The van der Waals surface area contributed by atoms with Gasteiger partial charge in [-0.1, -0.05) is 42.5 Å². The van der Waals surface area contributed by atoms with E-state index in [1.807, 2.05) is 61.5 Å². The number of methoxy groups -OCH3 is 1. The first-order chi connectivity index (χ1) is 14.1. The van der Waals surface area contributed by atoms with Gasteiger partial charge in [-0.2, -0.15) is 0 Å². The van der Waals surface area contributed by atoms with E-state index in [9.17, 15) is 9.59 Å². The minimum Gasteiger partial charge on any atom is -0.496 e. The molecule has 148 valence electrons. The average molecular weight is 390 g/mol. The van der Waals surface area contributed by atoms with Crippen LogP contribution in [0.25, 0.3) is 17.0 Å². The first-order valence-electron chi connectivity index (χ1n) is 9.19. The van der Waals surface area contributed by atoms with E-state index < -0.39 is 11.9 Å². The quantitative estimate of drug-likeness (QED) is 0.492. The zero-order valence-electron chi connectivity index (χ0n) is 16.3. The molecule has 0 saturated carbocycles. The molecule has 1 aromatic heterocycles. The van der Waals surface area contributed by atoms with Crippen molar-refractivity contribution in [3.05, 3.63) is 78.0 Å². The van der Waals surface area contributed by atoms with Gasteiger partial charge in [0.2, 0.25) is 0 Å². The third-order valence-corrected chi connectivity index (χ3v) is 4.39. The summed E-state index contributed by atoms with van der Waals surface area (Å²) >= 11 is 0. The molecule has 3 rings (SSSR count). The molecule has 0 aliphatic carbocycles. The highest BCUT2D eigenvalue weighted by Gasteiger charge is 2.14. The second-order valence-corrected chi connectivity index (χ2v) is 6.39. The lowest BCUT2D eigenvalue weighted by Crippen LogP contribution is -2.31. The fourth-order valence-electron chi connectivity index (χ4n) is 2.99. The number of hydrogen-bond acceptors (Lipinski definition) is 5. The Kier molecular flexibility index (Phi) is 6.58. The van der Waals surface area contributed by atoms with Crippen molar-refractivity contribution in [3.63, 3.8) is 0 Å². The smallest absolute Gasteiger partial charge is 0.331 e. The van der Waals surface area contributed by atoms with E-state index in [0.717, 1.165) is 22.0 Å². The van der Waals surface area contributed by atoms with Gasteiger partial charge in [0.05, 0.1) is 18.7 Å². The van der Waals surface area contributed by atoms with E-state index in [-0.39, 0.29) is 12.6 Å². The van der Waals surface area contributed by atoms with Crippen LogP contribution in [-0.4, -0.2) is 30.6 Å². The number of carbonyl (C=O) groups excluding carboxylic acids is 2. The van der Waals surface area contributed by atoms with Crippen molar-refractivity contribution < 1.29 is 19.1 Å². The van der Waals surface area contributed by atoms with Gasteiger partial charge in [-0.15, -0.1) is 0 Å². The molecule has 0 fully saturated rings. The van der Waals surface area contributed by atoms with Gasteiger partial charge < -0.3 is 14.8 Å². The zero-order valence-corrected chi connectivity index (χ0v) is 16.3. The van der Waals surface area contributed by atoms with Crippen LogP contribution in [0.5, 0.6) is 5.75 Å². The summed E-state index contributed by atoms with van der Waals surface area (Å²) < 4.78 is 10.3. The van der Waals surface area contributed by atoms with Crippen LogP contribution in [0, 0.1) is 0 Å². The lowest BCUT2D eigenvalue weighted by atomic mass is 10.1. The number of nitrogens with zero attached hydrogens (tertiary/aromatic N) is 1. The summed E-state index contributed by atoms with van der Waals surface area (Å²) in [6.07, 6.45) is 4.62. The maximum absolute atomic E-state index is 12.1. The molecule has 0 aliphatic heterocycles. The predicted octanol–water partition coefficient (Wildman–Crippen LogP) is 3.68. The third kappa shape index (κ3) is 5.19. The number of benzene rings is 2. The van der Waals surface area contributed by atoms with Gasteiger partial charge in [0, 0.05) is 28.8 Å². The SMILES string of the molecule is COc1ccccc1C(C)NC(=O)COC(=O)/C=C/c1cccc2cccnc12. The largest absolute Gasteiger partial charge is 0.496 e. The summed E-state index contributed by atoms with van der Waals surface area (Å²) in [6, 6.07) is 16.6. The number of esters is 1. The standard InChI is InChI=1S/C23H22N2O4/c1-16(19-10-3-4-11-20(19)28-2)25-21(26)15-29-22(27)13-12-18-8-5-7-17-9-6-14-24-23(17)18/h3-14,16H,15H2,1-2H3,(H,25,26)/b13-12+. The average Bonchev–Trinajstić information content (AvgIpc) is 2.76. The van der Waals surface area contributed by atoms with E-state index >= 15 is 0 Å². The number of carbonyl (C=O) groups is 2. The van der Waals surface area contributed by atoms with Crippen molar-refractivity contribution in [3.8, 4) is 5.75 Å². The number of nitrogens with one attached hydrogen (secondary N) is 1. The third-order valence-electron chi connectivity index (χ3n) is 4.39. The Labute approximate surface area is 169 Å². The molecule has 29 heavy (non-hydrogen) atoms. The summed E-state index contributed by atoms with van der Waals surface area (Å²) in [4.78, 5) is 28.4. The Morgan fingerprint density at radius 2 is 1.90 bits per heavy atom. The normalized spacial score (nSPS) is 11.9. The second kappa shape index (κ2) is 9.50. The minimum atomic E-state index is -0.599. The van der Waals surface area contributed by atoms with Gasteiger partial charge >= 0.3 is 5.97 Å². The van der Waals surface area contributed by atoms with Crippen LogP contribution in [0.2, 0.25) is 0 Å². The molecule has 3 aromatic rings. The first kappa shape index (κ1) is 20.1. The number of rotatable bonds is 7. The molecule has 0 aliphatic rings. The fraction of sp³-hybridized carbons (Fsp3) is 0.174. The van der Waals surface area contributed by atoms with Gasteiger partial charge in [-0.05, 0) is 25.1 Å². The molecule has 0 saturated heterocycles. The van der Waals surface area contributed by atoms with Crippen molar-refractivity contribution in [2.24, 2.45) is 0 Å². The number of aromatic nitrogens is 1. The Bertz CT molecular complexity index is 1040. The van der Waals surface area contributed by atoms with Crippen LogP contribution < -0.4 is 10.1 Å². The van der Waals surface area contributed by atoms with E-state index in [2.05, 4.69) is 10.3 Å². The summed E-state index contributed by atoms with van der Waals surface area (Å²) in [5.74, 6) is -0.307. The molecule has 1 heterocycles. The summed E-state index contributed by atoms with van der Waals surface area (Å²) in [6.45, 7) is 1.47. The Balaban J connectivity index is 1.55. The van der Waals surface area contributed by atoms with Gasteiger partial charge in [0.25, 0.3) is 5.91 Å². The predicted molar refractivity (Wildman–Crippen MR) is 111 cm³/mol. The highest BCUT2D eigenvalue weighted by molar-refractivity contribution is 5.93. The van der Waals surface area contributed by atoms with E-state index in [4.69, 9.17) is 9.47 Å². The van der Waals surface area contributed by atoms with Gasteiger partial charge in [-0.25, -0.2) is 4.79 Å². The molecule has 1 unspecified atom stereocenters. The maximum Gasteiger partial charge on any atom is 0.331 e. The Morgan fingerprint density at radius 1 is 1.10 bits per heavy atom. The topological polar surface area (TPSA) is 77.5 Å². The van der Waals surface area contributed by atoms with Crippen LogP contribution in [0.3, 0.4) is 0 Å². The highest BCUT2D eigenvalue weighted by Crippen LogP contribution is 2.24. The second-order valence-electron chi connectivity index (χ2n) is 6.39. The van der Waals surface area contributed by atoms with Crippen molar-refractivity contribution in [2.75, 3.05) is 13.7 Å². The van der Waals surface area contributed by atoms with Crippen molar-refractivity contribution in [2.45, 2.75) is 13.0 Å². The highest BCUT2D eigenvalue weighted by atomic mass is 16.5.